The van der Waals surface area contributed by atoms with Crippen LogP contribution in [0.15, 0.2) is 18.2 Å². The molecular weight excluding hydrogens is 212 g/mol. The fraction of sp³-hybridized carbons (Fsp3) is 0.364. The van der Waals surface area contributed by atoms with E-state index < -0.39 is 0 Å². The fourth-order valence-electron chi connectivity index (χ4n) is 1.07. The van der Waals surface area contributed by atoms with Crippen LogP contribution in [0.25, 0.3) is 0 Å². The molecule has 0 aliphatic heterocycles. The van der Waals surface area contributed by atoms with Crippen LogP contribution < -0.4 is 11.1 Å². The monoisotopic (exact) mass is 226 g/mol. The van der Waals surface area contributed by atoms with Gasteiger partial charge in [0, 0.05) is 12.1 Å². The highest BCUT2D eigenvalue weighted by atomic mass is 35.5. The lowest BCUT2D eigenvalue weighted by Gasteiger charge is -2.08. The molecule has 0 fully saturated rings. The maximum atomic E-state index is 11.6. The number of benzene rings is 1. The number of carbonyl (C=O) groups excluding carboxylic acids is 1. The normalized spacial score (nSPS) is 10.4. The first-order valence-corrected chi connectivity index (χ1v) is 5.21. The number of hydrogen-bond acceptors (Lipinski definition) is 2. The zero-order valence-corrected chi connectivity index (χ0v) is 9.64. The summed E-state index contributed by atoms with van der Waals surface area (Å²) in [4.78, 5) is 11.6. The van der Waals surface area contributed by atoms with Crippen molar-refractivity contribution in [2.24, 2.45) is 5.92 Å². The molecule has 15 heavy (non-hydrogen) atoms. The highest BCUT2D eigenvalue weighted by Crippen LogP contribution is 2.19. The van der Waals surface area contributed by atoms with E-state index in [1.807, 2.05) is 13.8 Å². The first-order chi connectivity index (χ1) is 7.00. The first kappa shape index (κ1) is 11.9. The van der Waals surface area contributed by atoms with Crippen LogP contribution in [0.5, 0.6) is 0 Å². The van der Waals surface area contributed by atoms with E-state index in [-0.39, 0.29) is 5.91 Å². The quantitative estimate of drug-likeness (QED) is 0.778. The van der Waals surface area contributed by atoms with Crippen molar-refractivity contribution >= 4 is 23.2 Å². The summed E-state index contributed by atoms with van der Waals surface area (Å²) in [5, 5.41) is 3.22. The number of nitrogen functional groups attached to an aromatic ring is 1. The Hall–Kier alpha value is -1.22. The predicted molar refractivity (Wildman–Crippen MR) is 63.0 cm³/mol. The largest absolute Gasteiger partial charge is 0.398 e. The molecule has 0 heterocycles. The lowest BCUT2D eigenvalue weighted by atomic mass is 10.1. The Morgan fingerprint density at radius 2 is 2.20 bits per heavy atom. The van der Waals surface area contributed by atoms with Gasteiger partial charge in [0.15, 0.2) is 0 Å². The van der Waals surface area contributed by atoms with Crippen molar-refractivity contribution in [3.63, 3.8) is 0 Å². The van der Waals surface area contributed by atoms with Gasteiger partial charge in [-0.05, 0) is 24.1 Å². The molecule has 1 aromatic rings. The van der Waals surface area contributed by atoms with Crippen LogP contribution in [0.4, 0.5) is 5.69 Å². The van der Waals surface area contributed by atoms with Gasteiger partial charge in [0.1, 0.15) is 0 Å². The zero-order chi connectivity index (χ0) is 11.4. The van der Waals surface area contributed by atoms with E-state index in [4.69, 9.17) is 17.3 Å². The van der Waals surface area contributed by atoms with Gasteiger partial charge in [-0.1, -0.05) is 25.4 Å². The summed E-state index contributed by atoms with van der Waals surface area (Å²) in [6, 6.07) is 4.87. The van der Waals surface area contributed by atoms with Gasteiger partial charge in [-0.25, -0.2) is 0 Å². The van der Waals surface area contributed by atoms with Crippen molar-refractivity contribution in [1.29, 1.82) is 0 Å². The van der Waals surface area contributed by atoms with Crippen LogP contribution in [0.3, 0.4) is 0 Å². The average Bonchev–Trinajstić information content (AvgIpc) is 2.18. The molecule has 1 rings (SSSR count). The molecule has 0 unspecified atom stereocenters. The Kier molecular flexibility index (Phi) is 3.97. The van der Waals surface area contributed by atoms with Crippen molar-refractivity contribution in [2.45, 2.75) is 13.8 Å². The van der Waals surface area contributed by atoms with Crippen LogP contribution in [-0.4, -0.2) is 12.5 Å². The minimum absolute atomic E-state index is 0.120. The molecule has 0 atom stereocenters. The van der Waals surface area contributed by atoms with Crippen LogP contribution >= 0.6 is 11.6 Å². The minimum atomic E-state index is -0.120. The van der Waals surface area contributed by atoms with Gasteiger partial charge in [0.05, 0.1) is 10.7 Å². The standard InChI is InChI=1S/C11H15ClN2O/c1-7(2)6-14-11(15)8-3-4-10(13)9(12)5-8/h3-5,7H,6,13H2,1-2H3,(H,14,15). The Balaban J connectivity index is 2.70. The van der Waals surface area contributed by atoms with Crippen molar-refractivity contribution < 1.29 is 4.79 Å². The maximum Gasteiger partial charge on any atom is 0.251 e. The number of anilines is 1. The van der Waals surface area contributed by atoms with E-state index >= 15 is 0 Å². The lowest BCUT2D eigenvalue weighted by Crippen LogP contribution is -2.27. The third kappa shape index (κ3) is 3.44. The van der Waals surface area contributed by atoms with E-state index in [0.29, 0.717) is 28.7 Å². The summed E-state index contributed by atoms with van der Waals surface area (Å²) < 4.78 is 0. The Labute approximate surface area is 94.6 Å². The van der Waals surface area contributed by atoms with E-state index in [0.717, 1.165) is 0 Å². The first-order valence-electron chi connectivity index (χ1n) is 4.84. The average molecular weight is 227 g/mol. The Morgan fingerprint density at radius 3 is 2.73 bits per heavy atom. The molecule has 0 spiro atoms. The minimum Gasteiger partial charge on any atom is -0.398 e. The van der Waals surface area contributed by atoms with Crippen LogP contribution in [0, 0.1) is 5.92 Å². The molecule has 1 aromatic carbocycles. The SMILES string of the molecule is CC(C)CNC(=O)c1ccc(N)c(Cl)c1. The van der Waals surface area contributed by atoms with Gasteiger partial charge in [0.2, 0.25) is 0 Å². The molecule has 0 bridgehead atoms. The number of nitrogens with two attached hydrogens (primary N) is 1. The van der Waals surface area contributed by atoms with Gasteiger partial charge >= 0.3 is 0 Å². The summed E-state index contributed by atoms with van der Waals surface area (Å²) in [6.07, 6.45) is 0. The van der Waals surface area contributed by atoms with Gasteiger partial charge in [-0.15, -0.1) is 0 Å². The molecule has 0 aliphatic rings. The fourth-order valence-corrected chi connectivity index (χ4v) is 1.25. The van der Waals surface area contributed by atoms with Crippen molar-refractivity contribution in [1.82, 2.24) is 5.32 Å². The number of carbonyl (C=O) groups is 1. The highest BCUT2D eigenvalue weighted by molar-refractivity contribution is 6.33. The Bertz CT molecular complexity index is 364. The van der Waals surface area contributed by atoms with Crippen molar-refractivity contribution in [3.05, 3.63) is 28.8 Å². The smallest absolute Gasteiger partial charge is 0.251 e. The second-order valence-electron chi connectivity index (χ2n) is 3.84. The van der Waals surface area contributed by atoms with E-state index in [9.17, 15) is 4.79 Å². The van der Waals surface area contributed by atoms with Crippen LogP contribution in [-0.2, 0) is 0 Å². The van der Waals surface area contributed by atoms with E-state index in [1.54, 1.807) is 18.2 Å². The summed E-state index contributed by atoms with van der Waals surface area (Å²) in [5.74, 6) is 0.309. The van der Waals surface area contributed by atoms with Gasteiger partial charge in [0.25, 0.3) is 5.91 Å². The summed E-state index contributed by atoms with van der Waals surface area (Å²) in [7, 11) is 0. The third-order valence-electron chi connectivity index (χ3n) is 1.93. The van der Waals surface area contributed by atoms with Crippen molar-refractivity contribution in [3.8, 4) is 0 Å². The molecule has 0 aromatic heterocycles. The summed E-state index contributed by atoms with van der Waals surface area (Å²) in [5.41, 5.74) is 6.57. The highest BCUT2D eigenvalue weighted by Gasteiger charge is 2.07. The molecule has 3 nitrogen and oxygen atoms in total. The number of amides is 1. The predicted octanol–water partition coefficient (Wildman–Crippen LogP) is 2.31. The summed E-state index contributed by atoms with van der Waals surface area (Å²) >= 11 is 5.82. The molecule has 3 N–H and O–H groups in total. The molecule has 1 amide bonds. The van der Waals surface area contributed by atoms with E-state index in [2.05, 4.69) is 5.32 Å². The Morgan fingerprint density at radius 1 is 1.53 bits per heavy atom. The lowest BCUT2D eigenvalue weighted by molar-refractivity contribution is 0.0949. The molecule has 0 saturated heterocycles. The maximum absolute atomic E-state index is 11.6. The van der Waals surface area contributed by atoms with Gasteiger partial charge in [-0.3, -0.25) is 4.79 Å². The number of rotatable bonds is 3. The zero-order valence-electron chi connectivity index (χ0n) is 8.88. The third-order valence-corrected chi connectivity index (χ3v) is 2.26. The second kappa shape index (κ2) is 5.03. The van der Waals surface area contributed by atoms with Crippen LogP contribution in [0.2, 0.25) is 5.02 Å². The van der Waals surface area contributed by atoms with Crippen molar-refractivity contribution in [2.75, 3.05) is 12.3 Å². The van der Waals surface area contributed by atoms with Gasteiger partial charge < -0.3 is 11.1 Å². The second-order valence-corrected chi connectivity index (χ2v) is 4.25. The molecular formula is C11H15ClN2O. The summed E-state index contributed by atoms with van der Waals surface area (Å²) in [6.45, 7) is 4.73. The molecule has 0 aliphatic carbocycles. The number of hydrogen-bond donors (Lipinski definition) is 2. The topological polar surface area (TPSA) is 55.1 Å². The van der Waals surface area contributed by atoms with E-state index in [1.165, 1.54) is 0 Å². The number of halogens is 1. The molecule has 0 radical (unpaired) electrons. The van der Waals surface area contributed by atoms with Gasteiger partial charge in [-0.2, -0.15) is 0 Å². The van der Waals surface area contributed by atoms with Crippen LogP contribution in [0.1, 0.15) is 24.2 Å². The number of nitrogens with one attached hydrogen (secondary N) is 1. The molecule has 82 valence electrons. The molecule has 0 saturated carbocycles. The molecule has 4 heteroatoms.